The largest absolute Gasteiger partial charge is 0.478 e. The second-order valence-electron chi connectivity index (χ2n) is 5.84. The molecule has 0 saturated carbocycles. The fraction of sp³-hybridized carbons (Fsp3) is 0.0952. The molecule has 0 bridgehead atoms. The lowest BCUT2D eigenvalue weighted by Gasteiger charge is -2.11. The fourth-order valence-electron chi connectivity index (χ4n) is 3.43. The summed E-state index contributed by atoms with van der Waals surface area (Å²) in [6, 6.07) is 20.4. The lowest BCUT2D eigenvalue weighted by Crippen LogP contribution is -1.98. The Morgan fingerprint density at radius 2 is 1.52 bits per heavy atom. The first-order valence-corrected chi connectivity index (χ1v) is 7.79. The Kier molecular flexibility index (Phi) is 3.05. The van der Waals surface area contributed by atoms with Crippen molar-refractivity contribution in [2.45, 2.75) is 13.3 Å². The molecule has 0 aliphatic rings. The highest BCUT2D eigenvalue weighted by molar-refractivity contribution is 6.18. The highest BCUT2D eigenvalue weighted by Gasteiger charge is 2.11. The highest BCUT2D eigenvalue weighted by atomic mass is 16.4. The molecule has 4 aromatic rings. The third-order valence-electron chi connectivity index (χ3n) is 4.57. The van der Waals surface area contributed by atoms with Gasteiger partial charge in [0, 0.05) is 0 Å². The van der Waals surface area contributed by atoms with Crippen molar-refractivity contribution in [1.82, 2.24) is 0 Å². The lowest BCUT2D eigenvalue weighted by atomic mass is 9.93. The predicted octanol–water partition coefficient (Wildman–Crippen LogP) is 5.41. The van der Waals surface area contributed by atoms with Gasteiger partial charge in [0.1, 0.15) is 0 Å². The number of aryl methyl sites for hydroxylation is 1. The molecule has 0 fully saturated rings. The van der Waals surface area contributed by atoms with Crippen LogP contribution in [0.25, 0.3) is 32.3 Å². The van der Waals surface area contributed by atoms with E-state index >= 15 is 0 Å². The van der Waals surface area contributed by atoms with Crippen LogP contribution in [0.2, 0.25) is 0 Å². The Morgan fingerprint density at radius 1 is 0.826 bits per heavy atom. The maximum Gasteiger partial charge on any atom is 0.335 e. The number of hydrogen-bond donors (Lipinski definition) is 1. The van der Waals surface area contributed by atoms with Crippen molar-refractivity contribution in [2.24, 2.45) is 0 Å². The third kappa shape index (κ3) is 2.07. The summed E-state index contributed by atoms with van der Waals surface area (Å²) in [6.45, 7) is 2.06. The molecule has 0 saturated heterocycles. The van der Waals surface area contributed by atoms with Crippen LogP contribution >= 0.6 is 0 Å². The van der Waals surface area contributed by atoms with Crippen molar-refractivity contribution >= 4 is 38.3 Å². The molecular weight excluding hydrogens is 284 g/mol. The first-order chi connectivity index (χ1) is 11.2. The van der Waals surface area contributed by atoms with E-state index < -0.39 is 5.97 Å². The number of rotatable bonds is 2. The van der Waals surface area contributed by atoms with E-state index in [1.165, 1.54) is 16.2 Å². The molecule has 0 radical (unpaired) electrons. The molecule has 0 amide bonds. The van der Waals surface area contributed by atoms with Gasteiger partial charge in [-0.1, -0.05) is 55.5 Å². The van der Waals surface area contributed by atoms with Crippen LogP contribution in [0.1, 0.15) is 22.8 Å². The van der Waals surface area contributed by atoms with Crippen molar-refractivity contribution in [3.8, 4) is 0 Å². The van der Waals surface area contributed by atoms with Crippen LogP contribution in [0.3, 0.4) is 0 Å². The maximum atomic E-state index is 11.5. The molecule has 112 valence electrons. The summed E-state index contributed by atoms with van der Waals surface area (Å²) < 4.78 is 0. The molecule has 0 spiro atoms. The van der Waals surface area contributed by atoms with Crippen molar-refractivity contribution in [3.63, 3.8) is 0 Å². The standard InChI is InChI=1S/C21H16O2/c1-2-13-11-15(21(22)23)12-20-17(13)9-10-18-16-6-4-3-5-14(16)7-8-19(18)20/h3-12H,2H2,1H3,(H,22,23). The maximum absolute atomic E-state index is 11.5. The Morgan fingerprint density at radius 3 is 2.30 bits per heavy atom. The number of fused-ring (bicyclic) bond motifs is 5. The Bertz CT molecular complexity index is 1080. The van der Waals surface area contributed by atoms with Gasteiger partial charge in [0.25, 0.3) is 0 Å². The van der Waals surface area contributed by atoms with Gasteiger partial charge in [-0.05, 0) is 56.4 Å². The predicted molar refractivity (Wildman–Crippen MR) is 95.3 cm³/mol. The molecule has 0 aliphatic heterocycles. The van der Waals surface area contributed by atoms with Crippen molar-refractivity contribution < 1.29 is 9.90 Å². The summed E-state index contributed by atoms with van der Waals surface area (Å²) in [5, 5.41) is 16.2. The summed E-state index contributed by atoms with van der Waals surface area (Å²) in [5.74, 6) is -0.876. The summed E-state index contributed by atoms with van der Waals surface area (Å²) in [6.07, 6.45) is 0.816. The number of aromatic carboxylic acids is 1. The molecular formula is C21H16O2. The molecule has 0 aliphatic carbocycles. The van der Waals surface area contributed by atoms with Crippen LogP contribution in [-0.4, -0.2) is 11.1 Å². The number of carbonyl (C=O) groups is 1. The van der Waals surface area contributed by atoms with Crippen LogP contribution in [0.4, 0.5) is 0 Å². The summed E-state index contributed by atoms with van der Waals surface area (Å²) in [7, 11) is 0. The van der Waals surface area contributed by atoms with Crippen molar-refractivity contribution in [3.05, 3.63) is 71.8 Å². The zero-order valence-corrected chi connectivity index (χ0v) is 12.8. The fourth-order valence-corrected chi connectivity index (χ4v) is 3.43. The minimum Gasteiger partial charge on any atom is -0.478 e. The van der Waals surface area contributed by atoms with E-state index in [4.69, 9.17) is 0 Å². The van der Waals surface area contributed by atoms with Gasteiger partial charge in [0.05, 0.1) is 5.56 Å². The zero-order valence-electron chi connectivity index (χ0n) is 12.8. The number of carboxylic acid groups (broad SMARTS) is 1. The van der Waals surface area contributed by atoms with Gasteiger partial charge in [0.2, 0.25) is 0 Å². The molecule has 0 unspecified atom stereocenters. The topological polar surface area (TPSA) is 37.3 Å². The molecule has 2 nitrogen and oxygen atoms in total. The van der Waals surface area contributed by atoms with Crippen LogP contribution in [0.5, 0.6) is 0 Å². The van der Waals surface area contributed by atoms with Crippen molar-refractivity contribution in [1.29, 1.82) is 0 Å². The summed E-state index contributed by atoms with van der Waals surface area (Å²) >= 11 is 0. The molecule has 4 rings (SSSR count). The number of benzene rings is 4. The minimum absolute atomic E-state index is 0.356. The van der Waals surface area contributed by atoms with E-state index in [2.05, 4.69) is 43.3 Å². The van der Waals surface area contributed by atoms with Crippen LogP contribution < -0.4 is 0 Å². The summed E-state index contributed by atoms with van der Waals surface area (Å²) in [5.41, 5.74) is 1.44. The van der Waals surface area contributed by atoms with Gasteiger partial charge < -0.3 is 5.11 Å². The second kappa shape index (κ2) is 5.10. The molecule has 1 N–H and O–H groups in total. The summed E-state index contributed by atoms with van der Waals surface area (Å²) in [4.78, 5) is 11.5. The first kappa shape index (κ1) is 13.8. The average molecular weight is 300 g/mol. The molecule has 0 aromatic heterocycles. The van der Waals surface area contributed by atoms with E-state index in [0.717, 1.165) is 28.1 Å². The Hall–Kier alpha value is -2.87. The van der Waals surface area contributed by atoms with Crippen LogP contribution in [0, 0.1) is 0 Å². The SMILES string of the molecule is CCc1cc(C(=O)O)cc2c1ccc1c3ccccc3ccc21. The molecule has 0 atom stereocenters. The zero-order chi connectivity index (χ0) is 16.0. The van der Waals surface area contributed by atoms with E-state index in [1.807, 2.05) is 12.1 Å². The second-order valence-corrected chi connectivity index (χ2v) is 5.84. The van der Waals surface area contributed by atoms with E-state index in [0.29, 0.717) is 5.56 Å². The Balaban J connectivity index is 2.21. The highest BCUT2D eigenvalue weighted by Crippen LogP contribution is 2.33. The number of carboxylic acids is 1. The van der Waals surface area contributed by atoms with Gasteiger partial charge in [-0.2, -0.15) is 0 Å². The normalized spacial score (nSPS) is 11.3. The van der Waals surface area contributed by atoms with Gasteiger partial charge in [-0.3, -0.25) is 0 Å². The smallest absolute Gasteiger partial charge is 0.335 e. The molecule has 0 heterocycles. The van der Waals surface area contributed by atoms with E-state index in [-0.39, 0.29) is 0 Å². The molecule has 2 heteroatoms. The van der Waals surface area contributed by atoms with E-state index in [9.17, 15) is 9.90 Å². The van der Waals surface area contributed by atoms with Gasteiger partial charge in [0.15, 0.2) is 0 Å². The quantitative estimate of drug-likeness (QED) is 0.503. The average Bonchev–Trinajstić information content (AvgIpc) is 2.59. The van der Waals surface area contributed by atoms with Gasteiger partial charge >= 0.3 is 5.97 Å². The minimum atomic E-state index is -0.876. The molecule has 23 heavy (non-hydrogen) atoms. The van der Waals surface area contributed by atoms with Crippen LogP contribution in [0.15, 0.2) is 60.7 Å². The molecule has 4 aromatic carbocycles. The Labute approximate surface area is 134 Å². The van der Waals surface area contributed by atoms with Crippen molar-refractivity contribution in [2.75, 3.05) is 0 Å². The van der Waals surface area contributed by atoms with Gasteiger partial charge in [-0.15, -0.1) is 0 Å². The van der Waals surface area contributed by atoms with Crippen LogP contribution in [-0.2, 0) is 6.42 Å². The first-order valence-electron chi connectivity index (χ1n) is 7.79. The number of hydrogen-bond acceptors (Lipinski definition) is 1. The van der Waals surface area contributed by atoms with Gasteiger partial charge in [-0.25, -0.2) is 4.79 Å². The third-order valence-corrected chi connectivity index (χ3v) is 4.57. The monoisotopic (exact) mass is 300 g/mol. The van der Waals surface area contributed by atoms with E-state index in [1.54, 1.807) is 12.1 Å². The lowest BCUT2D eigenvalue weighted by molar-refractivity contribution is 0.0697.